The minimum absolute atomic E-state index is 0.109. The number of hydrogen-bond donors (Lipinski definition) is 1. The number of ether oxygens (including phenoxy) is 1. The largest absolute Gasteiger partial charge is 0.379 e. The first-order valence-corrected chi connectivity index (χ1v) is 11.0. The van der Waals surface area contributed by atoms with Crippen LogP contribution in [0.4, 0.5) is 14.5 Å². The second-order valence-corrected chi connectivity index (χ2v) is 8.23. The maximum Gasteiger partial charge on any atom is 0.195 e. The van der Waals surface area contributed by atoms with Crippen molar-refractivity contribution in [1.29, 1.82) is 0 Å². The second-order valence-electron chi connectivity index (χ2n) is 8.23. The highest BCUT2D eigenvalue weighted by atomic mass is 19.1. The third-order valence-electron chi connectivity index (χ3n) is 6.07. The lowest BCUT2D eigenvalue weighted by Gasteiger charge is -2.27. The Morgan fingerprint density at radius 2 is 1.97 bits per heavy atom. The number of nitrogens with zero attached hydrogens (tertiary/aromatic N) is 1. The number of nitrogens with one attached hydrogen (secondary N) is 1. The van der Waals surface area contributed by atoms with Crippen molar-refractivity contribution in [3.63, 3.8) is 0 Å². The summed E-state index contributed by atoms with van der Waals surface area (Å²) in [5.74, 6) is -1.56. The van der Waals surface area contributed by atoms with Gasteiger partial charge in [0.2, 0.25) is 0 Å². The van der Waals surface area contributed by atoms with Crippen LogP contribution in [0, 0.1) is 18.6 Å². The summed E-state index contributed by atoms with van der Waals surface area (Å²) < 4.78 is 33.7. The molecule has 2 aromatic carbocycles. The molecule has 0 spiro atoms. The SMILES string of the molecule is CCCCOC[C@@H]1CCCN1c1ccc(-c2[nH]c3cc(F)cc(F)c3c(=O)c2C)cc1. The van der Waals surface area contributed by atoms with Crippen LogP contribution in [0.5, 0.6) is 0 Å². The van der Waals surface area contributed by atoms with E-state index in [1.54, 1.807) is 6.92 Å². The van der Waals surface area contributed by atoms with Gasteiger partial charge in [-0.15, -0.1) is 0 Å². The number of unbranched alkanes of at least 4 members (excludes halogenated alkanes) is 1. The van der Waals surface area contributed by atoms with Crippen LogP contribution >= 0.6 is 0 Å². The number of anilines is 1. The van der Waals surface area contributed by atoms with Crippen molar-refractivity contribution in [2.24, 2.45) is 0 Å². The average Bonchev–Trinajstić information content (AvgIpc) is 3.22. The number of fused-ring (bicyclic) bond motifs is 1. The van der Waals surface area contributed by atoms with E-state index in [4.69, 9.17) is 4.74 Å². The molecule has 1 fully saturated rings. The zero-order valence-electron chi connectivity index (χ0n) is 18.0. The van der Waals surface area contributed by atoms with Crippen LogP contribution in [0.2, 0.25) is 0 Å². The number of aromatic amines is 1. The molecule has 4 nitrogen and oxygen atoms in total. The van der Waals surface area contributed by atoms with Gasteiger partial charge in [-0.3, -0.25) is 4.79 Å². The van der Waals surface area contributed by atoms with E-state index in [1.807, 2.05) is 24.3 Å². The van der Waals surface area contributed by atoms with Crippen LogP contribution in [0.1, 0.15) is 38.2 Å². The third-order valence-corrected chi connectivity index (χ3v) is 6.07. The van der Waals surface area contributed by atoms with Crippen molar-refractivity contribution in [2.45, 2.75) is 45.6 Å². The molecular weight excluding hydrogens is 398 g/mol. The molecule has 0 radical (unpaired) electrons. The standard InChI is InChI=1S/C25H28F2N2O2/c1-3-4-12-31-15-20-6-5-11-29(20)19-9-7-17(8-10-19)24-16(2)25(30)23-21(27)13-18(26)14-22(23)28-24/h7-10,13-14,20H,3-6,11-12,15H2,1-2H3,(H,28,30)/t20-/m0/s1. The van der Waals surface area contributed by atoms with Gasteiger partial charge in [0.1, 0.15) is 11.6 Å². The van der Waals surface area contributed by atoms with E-state index in [1.165, 1.54) is 0 Å². The summed E-state index contributed by atoms with van der Waals surface area (Å²) in [7, 11) is 0. The molecule has 4 rings (SSSR count). The minimum atomic E-state index is -0.845. The van der Waals surface area contributed by atoms with Crippen molar-refractivity contribution >= 4 is 16.6 Å². The lowest BCUT2D eigenvalue weighted by molar-refractivity contribution is 0.119. The van der Waals surface area contributed by atoms with Crippen molar-refractivity contribution in [3.8, 4) is 11.3 Å². The Labute approximate surface area is 180 Å². The minimum Gasteiger partial charge on any atom is -0.379 e. The molecular formula is C25H28F2N2O2. The first-order chi connectivity index (χ1) is 15.0. The van der Waals surface area contributed by atoms with Gasteiger partial charge in [-0.25, -0.2) is 8.78 Å². The van der Waals surface area contributed by atoms with Crippen LogP contribution in [0.3, 0.4) is 0 Å². The van der Waals surface area contributed by atoms with E-state index in [9.17, 15) is 13.6 Å². The van der Waals surface area contributed by atoms with E-state index in [-0.39, 0.29) is 10.9 Å². The second kappa shape index (κ2) is 9.18. The molecule has 1 aliphatic heterocycles. The first-order valence-electron chi connectivity index (χ1n) is 11.0. The summed E-state index contributed by atoms with van der Waals surface area (Å²) in [5, 5.41) is -0.109. The Bertz CT molecular complexity index is 1130. The summed E-state index contributed by atoms with van der Waals surface area (Å²) in [4.78, 5) is 18.1. The van der Waals surface area contributed by atoms with Crippen LogP contribution in [0.25, 0.3) is 22.2 Å². The highest BCUT2D eigenvalue weighted by Crippen LogP contribution is 2.29. The molecule has 0 saturated carbocycles. The zero-order chi connectivity index (χ0) is 22.0. The van der Waals surface area contributed by atoms with E-state index >= 15 is 0 Å². The number of rotatable bonds is 7. The molecule has 1 saturated heterocycles. The van der Waals surface area contributed by atoms with E-state index in [2.05, 4.69) is 16.8 Å². The Kier molecular flexibility index (Phi) is 6.37. The zero-order valence-corrected chi connectivity index (χ0v) is 18.0. The monoisotopic (exact) mass is 426 g/mol. The molecule has 2 heterocycles. The van der Waals surface area contributed by atoms with Crippen molar-refractivity contribution < 1.29 is 13.5 Å². The van der Waals surface area contributed by atoms with Crippen LogP contribution in [-0.4, -0.2) is 30.8 Å². The molecule has 0 amide bonds. The molecule has 1 atom stereocenters. The number of halogens is 2. The number of aromatic nitrogens is 1. The molecule has 164 valence electrons. The molecule has 6 heteroatoms. The predicted octanol–water partition coefficient (Wildman–Crippen LogP) is 5.57. The average molecular weight is 427 g/mol. The fourth-order valence-electron chi connectivity index (χ4n) is 4.36. The topological polar surface area (TPSA) is 45.3 Å². The number of H-pyrrole nitrogens is 1. The highest BCUT2D eigenvalue weighted by molar-refractivity contribution is 5.84. The molecule has 1 aliphatic rings. The van der Waals surface area contributed by atoms with Gasteiger partial charge in [-0.05, 0) is 49.9 Å². The summed E-state index contributed by atoms with van der Waals surface area (Å²) in [5.41, 5.74) is 2.65. The van der Waals surface area contributed by atoms with Crippen LogP contribution < -0.4 is 10.3 Å². The van der Waals surface area contributed by atoms with Gasteiger partial charge in [0.25, 0.3) is 0 Å². The quantitative estimate of drug-likeness (QED) is 0.503. The van der Waals surface area contributed by atoms with Gasteiger partial charge in [0.15, 0.2) is 5.43 Å². The van der Waals surface area contributed by atoms with Gasteiger partial charge < -0.3 is 14.6 Å². The van der Waals surface area contributed by atoms with E-state index < -0.39 is 17.1 Å². The van der Waals surface area contributed by atoms with Crippen molar-refractivity contribution in [2.75, 3.05) is 24.7 Å². The summed E-state index contributed by atoms with van der Waals surface area (Å²) in [6.45, 7) is 6.34. The first kappa shape index (κ1) is 21.5. The number of benzene rings is 2. The van der Waals surface area contributed by atoms with E-state index in [0.29, 0.717) is 17.3 Å². The maximum absolute atomic E-state index is 14.1. The van der Waals surface area contributed by atoms with Crippen LogP contribution in [0.15, 0.2) is 41.2 Å². The lowest BCUT2D eigenvalue weighted by Crippen LogP contribution is -2.33. The molecule has 1 aromatic heterocycles. The maximum atomic E-state index is 14.1. The molecule has 3 aromatic rings. The van der Waals surface area contributed by atoms with Crippen molar-refractivity contribution in [1.82, 2.24) is 4.98 Å². The summed E-state index contributed by atoms with van der Waals surface area (Å²) in [6, 6.07) is 10.2. The fourth-order valence-corrected chi connectivity index (χ4v) is 4.36. The van der Waals surface area contributed by atoms with Gasteiger partial charge in [0.05, 0.1) is 29.2 Å². The molecule has 31 heavy (non-hydrogen) atoms. The van der Waals surface area contributed by atoms with Crippen molar-refractivity contribution in [3.05, 3.63) is 63.8 Å². The summed E-state index contributed by atoms with van der Waals surface area (Å²) in [6.07, 6.45) is 4.46. The predicted molar refractivity (Wildman–Crippen MR) is 121 cm³/mol. The van der Waals surface area contributed by atoms with Gasteiger partial charge in [-0.1, -0.05) is 25.5 Å². The molecule has 0 bridgehead atoms. The van der Waals surface area contributed by atoms with Gasteiger partial charge in [-0.2, -0.15) is 0 Å². The Morgan fingerprint density at radius 1 is 1.19 bits per heavy atom. The Balaban J connectivity index is 1.60. The van der Waals surface area contributed by atoms with Crippen LogP contribution in [-0.2, 0) is 4.74 Å². The number of pyridine rings is 1. The normalized spacial score (nSPS) is 16.4. The van der Waals surface area contributed by atoms with Gasteiger partial charge >= 0.3 is 0 Å². The number of hydrogen-bond acceptors (Lipinski definition) is 3. The molecule has 1 N–H and O–H groups in total. The smallest absolute Gasteiger partial charge is 0.195 e. The third kappa shape index (κ3) is 4.35. The fraction of sp³-hybridized carbons (Fsp3) is 0.400. The molecule has 0 aliphatic carbocycles. The van der Waals surface area contributed by atoms with E-state index in [0.717, 1.165) is 68.8 Å². The van der Waals surface area contributed by atoms with Gasteiger partial charge in [0, 0.05) is 30.5 Å². The Morgan fingerprint density at radius 3 is 2.71 bits per heavy atom. The lowest BCUT2D eigenvalue weighted by atomic mass is 10.0. The Hall–Kier alpha value is -2.73. The summed E-state index contributed by atoms with van der Waals surface area (Å²) >= 11 is 0. The molecule has 0 unspecified atom stereocenters. The highest BCUT2D eigenvalue weighted by Gasteiger charge is 2.25.